The Labute approximate surface area is 51.9 Å². The predicted octanol–water partition coefficient (Wildman–Crippen LogP) is 1.57. The van der Waals surface area contributed by atoms with Gasteiger partial charge in [-0.3, -0.25) is 0 Å². The molecule has 0 bridgehead atoms. The lowest BCUT2D eigenvalue weighted by atomic mass is 10.6. The minimum Gasteiger partial charge on any atom is -0.147 e. The van der Waals surface area contributed by atoms with Crippen molar-refractivity contribution in [3.63, 3.8) is 0 Å². The first kappa shape index (κ1) is 5.44. The van der Waals surface area contributed by atoms with Crippen LogP contribution in [0.25, 0.3) is 6.08 Å². The molecule has 0 aliphatic rings. The molecule has 0 saturated carbocycles. The Morgan fingerprint density at radius 3 is 3.12 bits per heavy atom. The summed E-state index contributed by atoms with van der Waals surface area (Å²) in [6.45, 7) is 1.96. The average molecular weight is 126 g/mol. The van der Waals surface area contributed by atoms with Gasteiger partial charge in [0.25, 0.3) is 0 Å². The van der Waals surface area contributed by atoms with E-state index in [4.69, 9.17) is 0 Å². The normalized spacial score (nSPS) is 10.6. The van der Waals surface area contributed by atoms with E-state index in [1.165, 1.54) is 11.3 Å². The smallest absolute Gasteiger partial charge is 0.139 e. The van der Waals surface area contributed by atoms with Crippen LogP contribution in [0.15, 0.2) is 11.6 Å². The van der Waals surface area contributed by atoms with Crippen LogP contribution < -0.4 is 0 Å². The number of allylic oxidation sites excluding steroid dienone is 1. The van der Waals surface area contributed by atoms with Crippen molar-refractivity contribution in [3.05, 3.63) is 16.6 Å². The van der Waals surface area contributed by atoms with Gasteiger partial charge in [-0.1, -0.05) is 6.08 Å². The van der Waals surface area contributed by atoms with E-state index in [1.54, 1.807) is 5.51 Å². The van der Waals surface area contributed by atoms with Crippen LogP contribution in [0.4, 0.5) is 0 Å². The molecule has 0 N–H and O–H groups in total. The van der Waals surface area contributed by atoms with E-state index in [-0.39, 0.29) is 0 Å². The maximum atomic E-state index is 3.79. The molecule has 1 rings (SSSR count). The molecule has 0 saturated heterocycles. The van der Waals surface area contributed by atoms with Crippen molar-refractivity contribution < 1.29 is 0 Å². The number of rotatable bonds is 1. The molecule has 1 aromatic rings. The van der Waals surface area contributed by atoms with Gasteiger partial charge in [0.15, 0.2) is 0 Å². The van der Waals surface area contributed by atoms with Crippen molar-refractivity contribution in [2.24, 2.45) is 0 Å². The van der Waals surface area contributed by atoms with Crippen molar-refractivity contribution in [2.45, 2.75) is 6.92 Å². The number of nitrogens with zero attached hydrogens (tertiary/aromatic N) is 2. The van der Waals surface area contributed by atoms with Crippen LogP contribution in [0.1, 0.15) is 11.9 Å². The highest BCUT2D eigenvalue weighted by molar-refractivity contribution is 7.10. The highest BCUT2D eigenvalue weighted by Crippen LogP contribution is 2.01. The summed E-state index contributed by atoms with van der Waals surface area (Å²) >= 11 is 1.54. The summed E-state index contributed by atoms with van der Waals surface area (Å²) in [4.78, 5) is 0. The monoisotopic (exact) mass is 126 g/mol. The van der Waals surface area contributed by atoms with Gasteiger partial charge in [0, 0.05) is 0 Å². The van der Waals surface area contributed by atoms with Gasteiger partial charge in [0.2, 0.25) is 0 Å². The molecule has 0 atom stereocenters. The topological polar surface area (TPSA) is 25.8 Å². The SMILES string of the molecule is C/C=C\c1nncs1. The van der Waals surface area contributed by atoms with Crippen LogP contribution in [0, 0.1) is 0 Å². The minimum atomic E-state index is 0.965. The molecule has 1 aromatic heterocycles. The Balaban J connectivity index is 2.77. The molecule has 8 heavy (non-hydrogen) atoms. The second-order valence-corrected chi connectivity index (χ2v) is 2.14. The molecule has 2 nitrogen and oxygen atoms in total. The lowest BCUT2D eigenvalue weighted by Gasteiger charge is -1.71. The van der Waals surface area contributed by atoms with Gasteiger partial charge < -0.3 is 0 Å². The zero-order chi connectivity index (χ0) is 5.82. The quantitative estimate of drug-likeness (QED) is 0.570. The maximum Gasteiger partial charge on any atom is 0.139 e. The summed E-state index contributed by atoms with van der Waals surface area (Å²) in [6.07, 6.45) is 3.87. The van der Waals surface area contributed by atoms with E-state index < -0.39 is 0 Å². The zero-order valence-corrected chi connectivity index (χ0v) is 5.35. The fourth-order valence-electron chi connectivity index (χ4n) is 0.397. The fraction of sp³-hybridized carbons (Fsp3) is 0.200. The van der Waals surface area contributed by atoms with Crippen molar-refractivity contribution in [1.29, 1.82) is 0 Å². The predicted molar refractivity (Wildman–Crippen MR) is 34.6 cm³/mol. The number of aromatic nitrogens is 2. The fourth-order valence-corrected chi connectivity index (χ4v) is 0.908. The molecule has 3 heteroatoms. The molecular formula is C5H6N2S. The highest BCUT2D eigenvalue weighted by atomic mass is 32.1. The molecule has 0 radical (unpaired) electrons. The third-order valence-corrected chi connectivity index (χ3v) is 1.35. The van der Waals surface area contributed by atoms with E-state index in [9.17, 15) is 0 Å². The average Bonchev–Trinajstić information content (AvgIpc) is 2.19. The van der Waals surface area contributed by atoms with Gasteiger partial charge >= 0.3 is 0 Å². The Bertz CT molecular complexity index is 167. The summed E-state index contributed by atoms with van der Waals surface area (Å²) in [7, 11) is 0. The summed E-state index contributed by atoms with van der Waals surface area (Å²) in [5.74, 6) is 0. The molecule has 42 valence electrons. The zero-order valence-electron chi connectivity index (χ0n) is 4.53. The van der Waals surface area contributed by atoms with Crippen molar-refractivity contribution >= 4 is 17.4 Å². The summed E-state index contributed by atoms with van der Waals surface area (Å²) < 4.78 is 0. The van der Waals surface area contributed by atoms with Crippen LogP contribution in [0.2, 0.25) is 0 Å². The minimum absolute atomic E-state index is 0.965. The molecule has 0 aliphatic carbocycles. The Hall–Kier alpha value is -0.700. The second-order valence-electron chi connectivity index (χ2n) is 1.28. The highest BCUT2D eigenvalue weighted by Gasteiger charge is 1.83. The summed E-state index contributed by atoms with van der Waals surface area (Å²) in [5, 5.41) is 8.41. The van der Waals surface area contributed by atoms with E-state index >= 15 is 0 Å². The van der Waals surface area contributed by atoms with Gasteiger partial charge in [-0.2, -0.15) is 0 Å². The van der Waals surface area contributed by atoms with Crippen LogP contribution in [-0.2, 0) is 0 Å². The van der Waals surface area contributed by atoms with E-state index in [1.807, 2.05) is 19.1 Å². The van der Waals surface area contributed by atoms with Gasteiger partial charge in [0.05, 0.1) is 0 Å². The first-order valence-corrected chi connectivity index (χ1v) is 3.20. The Kier molecular flexibility index (Phi) is 1.75. The third kappa shape index (κ3) is 1.13. The Morgan fingerprint density at radius 1 is 1.75 bits per heavy atom. The lowest BCUT2D eigenvalue weighted by Crippen LogP contribution is -1.66. The van der Waals surface area contributed by atoms with Gasteiger partial charge in [-0.15, -0.1) is 21.5 Å². The molecule has 0 spiro atoms. The van der Waals surface area contributed by atoms with Crippen LogP contribution in [-0.4, -0.2) is 10.2 Å². The molecule has 0 fully saturated rings. The van der Waals surface area contributed by atoms with Crippen molar-refractivity contribution in [2.75, 3.05) is 0 Å². The van der Waals surface area contributed by atoms with Crippen molar-refractivity contribution in [1.82, 2.24) is 10.2 Å². The number of hydrogen-bond acceptors (Lipinski definition) is 3. The van der Waals surface area contributed by atoms with Crippen molar-refractivity contribution in [3.8, 4) is 0 Å². The van der Waals surface area contributed by atoms with Crippen LogP contribution in [0.5, 0.6) is 0 Å². The molecule has 0 amide bonds. The van der Waals surface area contributed by atoms with E-state index in [0.29, 0.717) is 0 Å². The molecule has 1 heterocycles. The van der Waals surface area contributed by atoms with Gasteiger partial charge in [-0.25, -0.2) is 0 Å². The number of hydrogen-bond donors (Lipinski definition) is 0. The van der Waals surface area contributed by atoms with Gasteiger partial charge in [-0.05, 0) is 13.0 Å². The standard InChI is InChI=1S/C5H6N2S/c1-2-3-5-7-6-4-8-5/h2-4H,1H3/b3-2-. The molecule has 0 aromatic carbocycles. The second kappa shape index (κ2) is 2.57. The van der Waals surface area contributed by atoms with Crippen LogP contribution in [0.3, 0.4) is 0 Å². The largest absolute Gasteiger partial charge is 0.147 e. The first-order chi connectivity index (χ1) is 3.93. The van der Waals surface area contributed by atoms with Crippen LogP contribution >= 0.6 is 11.3 Å². The molecule has 0 unspecified atom stereocenters. The van der Waals surface area contributed by atoms with Gasteiger partial charge in [0.1, 0.15) is 10.5 Å². The summed E-state index contributed by atoms with van der Waals surface area (Å²) in [6, 6.07) is 0. The maximum absolute atomic E-state index is 3.79. The Morgan fingerprint density at radius 2 is 2.62 bits per heavy atom. The van der Waals surface area contributed by atoms with E-state index in [2.05, 4.69) is 10.2 Å². The van der Waals surface area contributed by atoms with E-state index in [0.717, 1.165) is 5.01 Å². The first-order valence-electron chi connectivity index (χ1n) is 2.32. The third-order valence-electron chi connectivity index (χ3n) is 0.686. The summed E-state index contributed by atoms with van der Waals surface area (Å²) in [5.41, 5.74) is 1.72. The molecular weight excluding hydrogens is 120 g/mol. The lowest BCUT2D eigenvalue weighted by molar-refractivity contribution is 1.08. The molecule has 0 aliphatic heterocycles.